The number of hydrogen-bond acceptors (Lipinski definition) is 3. The summed E-state index contributed by atoms with van der Waals surface area (Å²) in [6.45, 7) is 4.13. The van der Waals surface area contributed by atoms with Crippen molar-refractivity contribution < 1.29 is 14.3 Å². The van der Waals surface area contributed by atoms with Gasteiger partial charge in [0, 0.05) is 6.04 Å². The Morgan fingerprint density at radius 3 is 2.95 bits per heavy atom. The zero-order valence-electron chi connectivity index (χ0n) is 11.5. The van der Waals surface area contributed by atoms with Gasteiger partial charge >= 0.3 is 5.97 Å². The molecule has 0 radical (unpaired) electrons. The van der Waals surface area contributed by atoms with Crippen molar-refractivity contribution in [1.82, 2.24) is 9.55 Å². The minimum Gasteiger partial charge on any atom is -0.481 e. The van der Waals surface area contributed by atoms with Crippen LogP contribution in [0.3, 0.4) is 0 Å². The van der Waals surface area contributed by atoms with Crippen LogP contribution in [0.2, 0.25) is 0 Å². The van der Waals surface area contributed by atoms with E-state index in [1.807, 2.05) is 17.6 Å². The Balaban J connectivity index is 2.50. The average Bonchev–Trinajstić information content (AvgIpc) is 2.76. The number of rotatable bonds is 6. The van der Waals surface area contributed by atoms with E-state index in [9.17, 15) is 9.18 Å². The maximum absolute atomic E-state index is 13.8. The molecule has 0 bridgehead atoms. The van der Waals surface area contributed by atoms with Crippen molar-refractivity contribution in [2.75, 3.05) is 5.75 Å². The number of imidazole rings is 1. The van der Waals surface area contributed by atoms with Gasteiger partial charge in [0.25, 0.3) is 0 Å². The highest BCUT2D eigenvalue weighted by atomic mass is 32.2. The van der Waals surface area contributed by atoms with Crippen molar-refractivity contribution in [3.63, 3.8) is 0 Å². The Morgan fingerprint density at radius 1 is 1.55 bits per heavy atom. The molecule has 1 unspecified atom stereocenters. The van der Waals surface area contributed by atoms with E-state index in [0.29, 0.717) is 10.7 Å². The zero-order valence-corrected chi connectivity index (χ0v) is 12.3. The van der Waals surface area contributed by atoms with Gasteiger partial charge < -0.3 is 9.67 Å². The maximum Gasteiger partial charge on any atom is 0.313 e. The number of benzene rings is 1. The minimum absolute atomic E-state index is 0.0796. The predicted molar refractivity (Wildman–Crippen MR) is 77.7 cm³/mol. The molecule has 0 aliphatic carbocycles. The summed E-state index contributed by atoms with van der Waals surface area (Å²) in [5.74, 6) is -1.36. The van der Waals surface area contributed by atoms with E-state index in [4.69, 9.17) is 5.11 Å². The van der Waals surface area contributed by atoms with Gasteiger partial charge in [-0.25, -0.2) is 9.37 Å². The molecular formula is C14H17FN2O2S. The van der Waals surface area contributed by atoms with Crippen molar-refractivity contribution in [3.05, 3.63) is 24.0 Å². The third-order valence-electron chi connectivity index (χ3n) is 3.11. The smallest absolute Gasteiger partial charge is 0.313 e. The fourth-order valence-electron chi connectivity index (χ4n) is 2.26. The molecule has 0 saturated heterocycles. The molecule has 1 N–H and O–H groups in total. The summed E-state index contributed by atoms with van der Waals surface area (Å²) in [6.07, 6.45) is 1.93. The molecular weight excluding hydrogens is 279 g/mol. The molecule has 108 valence electrons. The second-order valence-electron chi connectivity index (χ2n) is 4.69. The highest BCUT2D eigenvalue weighted by Gasteiger charge is 2.18. The number of carbonyl (C=O) groups is 1. The second-order valence-corrected chi connectivity index (χ2v) is 5.63. The van der Waals surface area contributed by atoms with Gasteiger partial charge in [0.2, 0.25) is 0 Å². The first-order valence-electron chi connectivity index (χ1n) is 6.55. The Morgan fingerprint density at radius 2 is 2.30 bits per heavy atom. The van der Waals surface area contributed by atoms with Gasteiger partial charge in [-0.2, -0.15) is 0 Å². The Labute approximate surface area is 121 Å². The van der Waals surface area contributed by atoms with E-state index in [1.165, 1.54) is 6.07 Å². The molecule has 2 rings (SSSR count). The van der Waals surface area contributed by atoms with Crippen LogP contribution in [-0.4, -0.2) is 26.4 Å². The van der Waals surface area contributed by atoms with Crippen molar-refractivity contribution in [2.24, 2.45) is 0 Å². The van der Waals surface area contributed by atoms with Crippen LogP contribution in [0.25, 0.3) is 11.0 Å². The number of para-hydroxylation sites is 1. The molecule has 0 spiro atoms. The zero-order chi connectivity index (χ0) is 14.7. The molecule has 0 aliphatic rings. The van der Waals surface area contributed by atoms with E-state index < -0.39 is 5.97 Å². The third-order valence-corrected chi connectivity index (χ3v) is 4.05. The number of aromatic nitrogens is 2. The van der Waals surface area contributed by atoms with Crippen LogP contribution in [0, 0.1) is 5.82 Å². The van der Waals surface area contributed by atoms with Crippen LogP contribution in [0.15, 0.2) is 23.4 Å². The number of thioether (sulfide) groups is 1. The van der Waals surface area contributed by atoms with Gasteiger partial charge in [-0.15, -0.1) is 0 Å². The molecule has 0 fully saturated rings. The Kier molecular flexibility index (Phi) is 4.65. The van der Waals surface area contributed by atoms with Crippen molar-refractivity contribution >= 4 is 28.8 Å². The quantitative estimate of drug-likeness (QED) is 0.826. The van der Waals surface area contributed by atoms with Gasteiger partial charge in [0.1, 0.15) is 5.52 Å². The molecule has 0 aliphatic heterocycles. The molecule has 0 amide bonds. The van der Waals surface area contributed by atoms with Crippen molar-refractivity contribution in [3.8, 4) is 0 Å². The fourth-order valence-corrected chi connectivity index (χ4v) is 3.09. The Hall–Kier alpha value is -1.56. The number of aliphatic carboxylic acids is 1. The largest absolute Gasteiger partial charge is 0.481 e. The fraction of sp³-hybridized carbons (Fsp3) is 0.429. The second kappa shape index (κ2) is 6.26. The molecule has 1 heterocycles. The lowest BCUT2D eigenvalue weighted by atomic mass is 10.2. The number of nitrogens with zero attached hydrogens (tertiary/aromatic N) is 2. The van der Waals surface area contributed by atoms with Crippen LogP contribution >= 0.6 is 11.8 Å². The summed E-state index contributed by atoms with van der Waals surface area (Å²) >= 11 is 1.13. The predicted octanol–water partition coefficient (Wildman–Crippen LogP) is 3.71. The summed E-state index contributed by atoms with van der Waals surface area (Å²) in [4.78, 5) is 15.0. The van der Waals surface area contributed by atoms with Gasteiger partial charge in [0.05, 0.1) is 11.3 Å². The normalized spacial score (nSPS) is 12.8. The molecule has 1 atom stereocenters. The lowest BCUT2D eigenvalue weighted by Gasteiger charge is -2.16. The van der Waals surface area contributed by atoms with Gasteiger partial charge in [-0.05, 0) is 25.5 Å². The minimum atomic E-state index is -0.905. The molecule has 6 heteroatoms. The van der Waals surface area contributed by atoms with E-state index in [2.05, 4.69) is 11.9 Å². The lowest BCUT2D eigenvalue weighted by Crippen LogP contribution is -2.08. The van der Waals surface area contributed by atoms with Gasteiger partial charge in [0.15, 0.2) is 11.0 Å². The van der Waals surface area contributed by atoms with Crippen LogP contribution in [-0.2, 0) is 4.79 Å². The molecule has 2 aromatic rings. The first kappa shape index (κ1) is 14.8. The summed E-state index contributed by atoms with van der Waals surface area (Å²) in [5.41, 5.74) is 1.03. The summed E-state index contributed by atoms with van der Waals surface area (Å²) in [5, 5.41) is 9.37. The molecule has 4 nitrogen and oxygen atoms in total. The first-order valence-corrected chi connectivity index (χ1v) is 7.54. The Bertz CT molecular complexity index is 627. The molecule has 1 aromatic heterocycles. The number of hydrogen-bond donors (Lipinski definition) is 1. The van der Waals surface area contributed by atoms with E-state index >= 15 is 0 Å². The summed E-state index contributed by atoms with van der Waals surface area (Å²) in [6, 6.07) is 5.00. The standard InChI is InChI=1S/C14H17FN2O2S/c1-3-5-9(2)17-11-7-4-6-10(15)13(11)16-14(17)20-8-12(18)19/h4,6-7,9H,3,5,8H2,1-2H3,(H,18,19). The van der Waals surface area contributed by atoms with Gasteiger partial charge in [-0.3, -0.25) is 4.79 Å². The molecule has 20 heavy (non-hydrogen) atoms. The monoisotopic (exact) mass is 296 g/mol. The summed E-state index contributed by atoms with van der Waals surface area (Å²) < 4.78 is 15.8. The first-order chi connectivity index (χ1) is 9.54. The maximum atomic E-state index is 13.8. The molecule has 0 saturated carbocycles. The lowest BCUT2D eigenvalue weighted by molar-refractivity contribution is -0.133. The summed E-state index contributed by atoms with van der Waals surface area (Å²) in [7, 11) is 0. The highest BCUT2D eigenvalue weighted by molar-refractivity contribution is 7.99. The number of carboxylic acids is 1. The van der Waals surface area contributed by atoms with E-state index in [0.717, 1.165) is 30.1 Å². The van der Waals surface area contributed by atoms with Crippen LogP contribution in [0.1, 0.15) is 32.7 Å². The van der Waals surface area contributed by atoms with Crippen molar-refractivity contribution in [1.29, 1.82) is 0 Å². The number of halogens is 1. The van der Waals surface area contributed by atoms with Crippen LogP contribution in [0.4, 0.5) is 4.39 Å². The van der Waals surface area contributed by atoms with Crippen LogP contribution < -0.4 is 0 Å². The molecule has 1 aromatic carbocycles. The van der Waals surface area contributed by atoms with E-state index in [-0.39, 0.29) is 17.6 Å². The topological polar surface area (TPSA) is 55.1 Å². The third kappa shape index (κ3) is 2.95. The van der Waals surface area contributed by atoms with E-state index in [1.54, 1.807) is 6.07 Å². The average molecular weight is 296 g/mol. The van der Waals surface area contributed by atoms with Crippen molar-refractivity contribution in [2.45, 2.75) is 37.9 Å². The van der Waals surface area contributed by atoms with Gasteiger partial charge in [-0.1, -0.05) is 31.2 Å². The number of fused-ring (bicyclic) bond motifs is 1. The number of carboxylic acid groups (broad SMARTS) is 1. The van der Waals surface area contributed by atoms with Crippen LogP contribution in [0.5, 0.6) is 0 Å². The highest BCUT2D eigenvalue weighted by Crippen LogP contribution is 2.30. The SMILES string of the molecule is CCCC(C)n1c(SCC(=O)O)nc2c(F)cccc21.